The van der Waals surface area contributed by atoms with Crippen molar-refractivity contribution < 1.29 is 14.3 Å². The van der Waals surface area contributed by atoms with Gasteiger partial charge in [0.2, 0.25) is 5.91 Å². The van der Waals surface area contributed by atoms with Gasteiger partial charge in [0, 0.05) is 23.9 Å². The fourth-order valence-electron chi connectivity index (χ4n) is 2.74. The zero-order chi connectivity index (χ0) is 18.7. The van der Waals surface area contributed by atoms with Crippen LogP contribution in [0, 0.1) is 12.3 Å². The lowest BCUT2D eigenvalue weighted by atomic mass is 9.91. The molecule has 3 N–H and O–H groups in total. The third-order valence-corrected chi connectivity index (χ3v) is 4.64. The minimum Gasteiger partial charge on any atom is -0.368 e. The topological polar surface area (TPSA) is 79.5 Å². The Bertz CT molecular complexity index is 644. The fraction of sp³-hybridized carbons (Fsp3) is 0.579. The number of rotatable bonds is 4. The van der Waals surface area contributed by atoms with Crippen molar-refractivity contribution in [2.24, 2.45) is 5.41 Å². The van der Waals surface area contributed by atoms with E-state index in [4.69, 9.17) is 4.74 Å². The Hall–Kier alpha value is -1.92. The molecule has 0 radical (unpaired) electrons. The van der Waals surface area contributed by atoms with Crippen LogP contribution in [0.1, 0.15) is 39.2 Å². The molecule has 1 aromatic carbocycles. The first-order valence-electron chi connectivity index (χ1n) is 8.67. The van der Waals surface area contributed by atoms with Crippen molar-refractivity contribution in [2.45, 2.75) is 46.1 Å². The monoisotopic (exact) mass is 347 g/mol. The summed E-state index contributed by atoms with van der Waals surface area (Å²) < 4.78 is 5.55. The molecule has 2 amide bonds. The molecule has 0 unspecified atom stereocenters. The van der Waals surface area contributed by atoms with E-state index in [1.807, 2.05) is 39.8 Å². The molecular weight excluding hydrogens is 318 g/mol. The van der Waals surface area contributed by atoms with Gasteiger partial charge in [-0.1, -0.05) is 26.8 Å². The van der Waals surface area contributed by atoms with E-state index < -0.39 is 11.0 Å². The summed E-state index contributed by atoms with van der Waals surface area (Å²) in [5.41, 5.74) is 1.01. The van der Waals surface area contributed by atoms with Crippen molar-refractivity contribution >= 4 is 23.2 Å². The first-order chi connectivity index (χ1) is 11.7. The highest BCUT2D eigenvalue weighted by atomic mass is 16.5. The molecule has 1 saturated heterocycles. The van der Waals surface area contributed by atoms with Crippen molar-refractivity contribution in [2.75, 3.05) is 30.8 Å². The first kappa shape index (κ1) is 19.4. The van der Waals surface area contributed by atoms with E-state index >= 15 is 0 Å². The number of ether oxygens (including phenoxy) is 1. The largest absolute Gasteiger partial charge is 0.368 e. The molecule has 138 valence electrons. The molecule has 6 heteroatoms. The van der Waals surface area contributed by atoms with Gasteiger partial charge in [0.15, 0.2) is 0 Å². The molecule has 0 atom stereocenters. The average Bonchev–Trinajstić information content (AvgIpc) is 2.57. The molecule has 0 bridgehead atoms. The Kier molecular flexibility index (Phi) is 5.85. The number of carbonyl (C=O) groups excluding carboxylic acids is 2. The number of hydrogen-bond donors (Lipinski definition) is 3. The van der Waals surface area contributed by atoms with Gasteiger partial charge >= 0.3 is 0 Å². The number of hydrogen-bond acceptors (Lipinski definition) is 4. The number of piperidine rings is 1. The highest BCUT2D eigenvalue weighted by Gasteiger charge is 2.39. The number of methoxy groups -OCH3 is 1. The van der Waals surface area contributed by atoms with Gasteiger partial charge in [-0.2, -0.15) is 0 Å². The second-order valence-corrected chi connectivity index (χ2v) is 7.64. The molecule has 1 aliphatic heterocycles. The first-order valence-corrected chi connectivity index (χ1v) is 8.67. The Morgan fingerprint density at radius 2 is 1.80 bits per heavy atom. The summed E-state index contributed by atoms with van der Waals surface area (Å²) in [6.07, 6.45) is 1.27. The van der Waals surface area contributed by atoms with Crippen molar-refractivity contribution in [1.29, 1.82) is 0 Å². The van der Waals surface area contributed by atoms with Crippen LogP contribution in [-0.4, -0.2) is 37.6 Å². The summed E-state index contributed by atoms with van der Waals surface area (Å²) in [7, 11) is 1.58. The summed E-state index contributed by atoms with van der Waals surface area (Å²) in [6, 6.07) is 5.52. The molecule has 6 nitrogen and oxygen atoms in total. The second kappa shape index (κ2) is 7.54. The SMILES string of the molecule is COC1(C(=O)Nc2ccc(C)c(NC(=O)C(C)(C)C)c2)CCNCC1. The minimum absolute atomic E-state index is 0.0641. The maximum Gasteiger partial charge on any atom is 0.256 e. The van der Waals surface area contributed by atoms with E-state index in [2.05, 4.69) is 16.0 Å². The third kappa shape index (κ3) is 4.58. The van der Waals surface area contributed by atoms with Crippen molar-refractivity contribution in [3.05, 3.63) is 23.8 Å². The highest BCUT2D eigenvalue weighted by Crippen LogP contribution is 2.27. The van der Waals surface area contributed by atoms with Crippen LogP contribution in [0.15, 0.2) is 18.2 Å². The molecule has 0 saturated carbocycles. The number of nitrogens with one attached hydrogen (secondary N) is 3. The molecular formula is C19H29N3O3. The van der Waals surface area contributed by atoms with Gasteiger partial charge in [0.25, 0.3) is 5.91 Å². The zero-order valence-corrected chi connectivity index (χ0v) is 15.8. The quantitative estimate of drug-likeness (QED) is 0.782. The van der Waals surface area contributed by atoms with Crippen LogP contribution in [0.2, 0.25) is 0 Å². The zero-order valence-electron chi connectivity index (χ0n) is 15.8. The number of benzene rings is 1. The summed E-state index contributed by atoms with van der Waals surface area (Å²) >= 11 is 0. The standard InChI is InChI=1S/C19H29N3O3/c1-13-6-7-14(12-15(13)22-16(23)18(2,3)4)21-17(24)19(25-5)8-10-20-11-9-19/h6-7,12,20H,8-11H2,1-5H3,(H,21,24)(H,22,23). The third-order valence-electron chi connectivity index (χ3n) is 4.64. The van der Waals surface area contributed by atoms with E-state index in [0.717, 1.165) is 18.7 Å². The molecule has 1 heterocycles. The van der Waals surface area contributed by atoms with Crippen molar-refractivity contribution in [1.82, 2.24) is 5.32 Å². The number of carbonyl (C=O) groups is 2. The number of aryl methyl sites for hydroxylation is 1. The van der Waals surface area contributed by atoms with Crippen LogP contribution >= 0.6 is 0 Å². The predicted molar refractivity (Wildman–Crippen MR) is 99.7 cm³/mol. The Balaban J connectivity index is 2.16. The van der Waals surface area contributed by atoms with Gasteiger partial charge in [0.1, 0.15) is 5.60 Å². The molecule has 25 heavy (non-hydrogen) atoms. The van der Waals surface area contributed by atoms with Crippen LogP contribution in [-0.2, 0) is 14.3 Å². The van der Waals surface area contributed by atoms with E-state index in [0.29, 0.717) is 24.2 Å². The molecule has 0 spiro atoms. The average molecular weight is 347 g/mol. The van der Waals surface area contributed by atoms with Gasteiger partial charge in [0.05, 0.1) is 0 Å². The molecule has 2 rings (SSSR count). The molecule has 1 aromatic rings. The highest BCUT2D eigenvalue weighted by molar-refractivity contribution is 5.99. The van der Waals surface area contributed by atoms with Gasteiger partial charge < -0.3 is 20.7 Å². The van der Waals surface area contributed by atoms with Crippen LogP contribution in [0.4, 0.5) is 11.4 Å². The molecule has 1 fully saturated rings. The number of anilines is 2. The van der Waals surface area contributed by atoms with E-state index in [-0.39, 0.29) is 11.8 Å². The fourth-order valence-corrected chi connectivity index (χ4v) is 2.74. The Morgan fingerprint density at radius 1 is 1.16 bits per heavy atom. The summed E-state index contributed by atoms with van der Waals surface area (Å²) in [6.45, 7) is 9.02. The maximum atomic E-state index is 12.7. The summed E-state index contributed by atoms with van der Waals surface area (Å²) in [5, 5.41) is 9.11. The lowest BCUT2D eigenvalue weighted by Crippen LogP contribution is -2.51. The summed E-state index contributed by atoms with van der Waals surface area (Å²) in [4.78, 5) is 25.0. The minimum atomic E-state index is -0.801. The summed E-state index contributed by atoms with van der Waals surface area (Å²) in [5.74, 6) is -0.209. The van der Waals surface area contributed by atoms with E-state index in [1.165, 1.54) is 0 Å². The Morgan fingerprint density at radius 3 is 2.36 bits per heavy atom. The number of amides is 2. The van der Waals surface area contributed by atoms with Gasteiger partial charge in [-0.25, -0.2) is 0 Å². The van der Waals surface area contributed by atoms with E-state index in [9.17, 15) is 9.59 Å². The lowest BCUT2D eigenvalue weighted by molar-refractivity contribution is -0.140. The second-order valence-electron chi connectivity index (χ2n) is 7.64. The molecule has 0 aromatic heterocycles. The molecule has 0 aliphatic carbocycles. The van der Waals surface area contributed by atoms with Crippen molar-refractivity contribution in [3.8, 4) is 0 Å². The normalized spacial score (nSPS) is 17.0. The van der Waals surface area contributed by atoms with Gasteiger partial charge in [-0.05, 0) is 50.6 Å². The van der Waals surface area contributed by atoms with Gasteiger partial charge in [-0.15, -0.1) is 0 Å². The van der Waals surface area contributed by atoms with Crippen LogP contribution in [0.3, 0.4) is 0 Å². The van der Waals surface area contributed by atoms with Crippen LogP contribution < -0.4 is 16.0 Å². The molecule has 1 aliphatic rings. The van der Waals surface area contributed by atoms with Crippen LogP contribution in [0.5, 0.6) is 0 Å². The van der Waals surface area contributed by atoms with Crippen molar-refractivity contribution in [3.63, 3.8) is 0 Å². The van der Waals surface area contributed by atoms with Crippen LogP contribution in [0.25, 0.3) is 0 Å². The smallest absolute Gasteiger partial charge is 0.256 e. The lowest BCUT2D eigenvalue weighted by Gasteiger charge is -2.34. The maximum absolute atomic E-state index is 12.7. The predicted octanol–water partition coefficient (Wildman–Crippen LogP) is 2.69. The van der Waals surface area contributed by atoms with Gasteiger partial charge in [-0.3, -0.25) is 9.59 Å². The van der Waals surface area contributed by atoms with E-state index in [1.54, 1.807) is 13.2 Å². The Labute approximate surface area is 149 Å².